The van der Waals surface area contributed by atoms with Crippen molar-refractivity contribution in [3.05, 3.63) is 29.8 Å². The second-order valence-corrected chi connectivity index (χ2v) is 4.10. The molecule has 90 valence electrons. The molecule has 1 aliphatic rings. The van der Waals surface area contributed by atoms with Crippen LogP contribution in [0.5, 0.6) is 5.75 Å². The van der Waals surface area contributed by atoms with Gasteiger partial charge in [0.05, 0.1) is 19.4 Å². The Bertz CT molecular complexity index is 435. The van der Waals surface area contributed by atoms with Crippen LogP contribution in [0.3, 0.4) is 0 Å². The zero-order chi connectivity index (χ0) is 12.4. The molecule has 1 saturated heterocycles. The third kappa shape index (κ3) is 2.30. The summed E-state index contributed by atoms with van der Waals surface area (Å²) < 4.78 is 10.2. The van der Waals surface area contributed by atoms with Crippen molar-refractivity contribution in [3.63, 3.8) is 0 Å². The molecule has 1 aromatic carbocycles. The summed E-state index contributed by atoms with van der Waals surface area (Å²) in [6, 6.07) is 7.22. The molecule has 0 N–H and O–H groups in total. The van der Waals surface area contributed by atoms with E-state index in [0.29, 0.717) is 0 Å². The number of benzene rings is 1. The standard InChI is InChI=1S/C13H14O4/c1-8(14)11-7-12(15)17-13(11)9-3-5-10(16-2)6-4-9/h3-6,11,13H,7H2,1-2H3/t11-,13-/m1/s1. The summed E-state index contributed by atoms with van der Waals surface area (Å²) in [5.74, 6) is 0.0380. The second kappa shape index (κ2) is 4.57. The summed E-state index contributed by atoms with van der Waals surface area (Å²) in [7, 11) is 1.59. The number of hydrogen-bond donors (Lipinski definition) is 0. The van der Waals surface area contributed by atoms with Gasteiger partial charge in [0.15, 0.2) is 0 Å². The van der Waals surface area contributed by atoms with E-state index >= 15 is 0 Å². The molecule has 2 rings (SSSR count). The molecular formula is C13H14O4. The summed E-state index contributed by atoms with van der Waals surface area (Å²) in [6.45, 7) is 1.49. The number of Topliss-reactive ketones (excluding diaryl/α,β-unsaturated/α-hetero) is 1. The van der Waals surface area contributed by atoms with E-state index < -0.39 is 6.10 Å². The molecule has 1 fully saturated rings. The smallest absolute Gasteiger partial charge is 0.307 e. The molecule has 1 heterocycles. The van der Waals surface area contributed by atoms with Crippen LogP contribution in [0.4, 0.5) is 0 Å². The predicted octanol–water partition coefficient (Wildman–Crippen LogP) is 1.89. The number of carbonyl (C=O) groups excluding carboxylic acids is 2. The molecule has 17 heavy (non-hydrogen) atoms. The van der Waals surface area contributed by atoms with Crippen molar-refractivity contribution in [2.24, 2.45) is 5.92 Å². The molecule has 1 aliphatic heterocycles. The van der Waals surface area contributed by atoms with Crippen LogP contribution in [0.25, 0.3) is 0 Å². The Balaban J connectivity index is 2.25. The minimum absolute atomic E-state index is 0.0170. The highest BCUT2D eigenvalue weighted by Crippen LogP contribution is 2.36. The fourth-order valence-electron chi connectivity index (χ4n) is 2.01. The average Bonchev–Trinajstić information content (AvgIpc) is 2.72. The van der Waals surface area contributed by atoms with Crippen LogP contribution >= 0.6 is 0 Å². The zero-order valence-electron chi connectivity index (χ0n) is 9.80. The van der Waals surface area contributed by atoms with E-state index in [4.69, 9.17) is 9.47 Å². The maximum Gasteiger partial charge on any atom is 0.307 e. The molecule has 4 nitrogen and oxygen atoms in total. The van der Waals surface area contributed by atoms with Crippen LogP contribution in [-0.2, 0) is 14.3 Å². The second-order valence-electron chi connectivity index (χ2n) is 4.10. The first-order valence-electron chi connectivity index (χ1n) is 5.45. The van der Waals surface area contributed by atoms with Gasteiger partial charge in [-0.05, 0) is 24.6 Å². The number of hydrogen-bond acceptors (Lipinski definition) is 4. The van der Waals surface area contributed by atoms with Gasteiger partial charge in [-0.3, -0.25) is 9.59 Å². The van der Waals surface area contributed by atoms with E-state index in [1.54, 1.807) is 19.2 Å². The van der Waals surface area contributed by atoms with Gasteiger partial charge in [0.1, 0.15) is 17.6 Å². The molecule has 0 spiro atoms. The SMILES string of the molecule is COc1ccc([C@H]2OC(=O)C[C@@H]2C(C)=O)cc1. The number of rotatable bonds is 3. The largest absolute Gasteiger partial charge is 0.497 e. The first-order valence-corrected chi connectivity index (χ1v) is 5.45. The van der Waals surface area contributed by atoms with Crippen molar-refractivity contribution in [2.75, 3.05) is 7.11 Å². The van der Waals surface area contributed by atoms with Gasteiger partial charge in [-0.2, -0.15) is 0 Å². The molecule has 0 radical (unpaired) electrons. The number of methoxy groups -OCH3 is 1. The summed E-state index contributed by atoms with van der Waals surface area (Å²) >= 11 is 0. The Hall–Kier alpha value is -1.84. The van der Waals surface area contributed by atoms with Crippen LogP contribution in [0.15, 0.2) is 24.3 Å². The Morgan fingerprint density at radius 2 is 2.00 bits per heavy atom. The van der Waals surface area contributed by atoms with Gasteiger partial charge in [-0.25, -0.2) is 0 Å². The van der Waals surface area contributed by atoms with Gasteiger partial charge < -0.3 is 9.47 Å². The highest BCUT2D eigenvalue weighted by Gasteiger charge is 2.38. The van der Waals surface area contributed by atoms with Crippen molar-refractivity contribution in [2.45, 2.75) is 19.4 Å². The van der Waals surface area contributed by atoms with E-state index in [2.05, 4.69) is 0 Å². The monoisotopic (exact) mass is 234 g/mol. The van der Waals surface area contributed by atoms with E-state index in [-0.39, 0.29) is 24.1 Å². The molecule has 1 aromatic rings. The van der Waals surface area contributed by atoms with Crippen molar-refractivity contribution >= 4 is 11.8 Å². The quantitative estimate of drug-likeness (QED) is 0.749. The molecule has 0 aromatic heterocycles. The van der Waals surface area contributed by atoms with Crippen LogP contribution in [0, 0.1) is 5.92 Å². The molecule has 0 saturated carbocycles. The third-order valence-electron chi connectivity index (χ3n) is 2.98. The van der Waals surface area contributed by atoms with E-state index in [9.17, 15) is 9.59 Å². The lowest BCUT2D eigenvalue weighted by atomic mass is 9.92. The number of ether oxygens (including phenoxy) is 2. The Kier molecular flexibility index (Phi) is 3.13. The van der Waals surface area contributed by atoms with Crippen molar-refractivity contribution in [3.8, 4) is 5.75 Å². The minimum atomic E-state index is -0.453. The molecule has 0 amide bonds. The maximum absolute atomic E-state index is 11.4. The van der Waals surface area contributed by atoms with Crippen LogP contribution in [0.2, 0.25) is 0 Å². The third-order valence-corrected chi connectivity index (χ3v) is 2.98. The molecule has 0 unspecified atom stereocenters. The fraction of sp³-hybridized carbons (Fsp3) is 0.385. The topological polar surface area (TPSA) is 52.6 Å². The Morgan fingerprint density at radius 3 is 2.53 bits per heavy atom. The number of ketones is 1. The van der Waals surface area contributed by atoms with E-state index in [1.807, 2.05) is 12.1 Å². The van der Waals surface area contributed by atoms with Gasteiger partial charge in [0.25, 0.3) is 0 Å². The lowest BCUT2D eigenvalue weighted by molar-refractivity contribution is -0.141. The van der Waals surface area contributed by atoms with Gasteiger partial charge in [0.2, 0.25) is 0 Å². The predicted molar refractivity (Wildman–Crippen MR) is 60.6 cm³/mol. The van der Waals surface area contributed by atoms with Crippen molar-refractivity contribution in [1.29, 1.82) is 0 Å². The lowest BCUT2D eigenvalue weighted by Crippen LogP contribution is -2.15. The fourth-order valence-corrected chi connectivity index (χ4v) is 2.01. The lowest BCUT2D eigenvalue weighted by Gasteiger charge is -2.15. The van der Waals surface area contributed by atoms with E-state index in [1.165, 1.54) is 6.92 Å². The van der Waals surface area contributed by atoms with Crippen molar-refractivity contribution < 1.29 is 19.1 Å². The summed E-state index contributed by atoms with van der Waals surface area (Å²) in [6.07, 6.45) is -0.280. The van der Waals surface area contributed by atoms with Crippen molar-refractivity contribution in [1.82, 2.24) is 0 Å². The highest BCUT2D eigenvalue weighted by molar-refractivity contribution is 5.86. The van der Waals surface area contributed by atoms with Gasteiger partial charge >= 0.3 is 5.97 Å². The normalized spacial score (nSPS) is 23.3. The van der Waals surface area contributed by atoms with Gasteiger partial charge in [-0.1, -0.05) is 12.1 Å². The van der Waals surface area contributed by atoms with Gasteiger partial charge in [-0.15, -0.1) is 0 Å². The molecule has 4 heteroatoms. The highest BCUT2D eigenvalue weighted by atomic mass is 16.6. The maximum atomic E-state index is 11.4. The molecule has 2 atom stereocenters. The summed E-state index contributed by atoms with van der Waals surface area (Å²) in [5, 5.41) is 0. The van der Waals surface area contributed by atoms with E-state index in [0.717, 1.165) is 11.3 Å². The molecule has 0 aliphatic carbocycles. The number of carbonyl (C=O) groups is 2. The first kappa shape index (κ1) is 11.6. The summed E-state index contributed by atoms with van der Waals surface area (Å²) in [4.78, 5) is 22.7. The number of cyclic esters (lactones) is 1. The van der Waals surface area contributed by atoms with Crippen LogP contribution < -0.4 is 4.74 Å². The molecule has 0 bridgehead atoms. The first-order chi connectivity index (χ1) is 8.11. The minimum Gasteiger partial charge on any atom is -0.497 e. The summed E-state index contributed by atoms with van der Waals surface area (Å²) in [5.41, 5.74) is 0.830. The van der Waals surface area contributed by atoms with Gasteiger partial charge in [0, 0.05) is 0 Å². The Labute approximate surface area is 99.5 Å². The van der Waals surface area contributed by atoms with Crippen LogP contribution in [-0.4, -0.2) is 18.9 Å². The Morgan fingerprint density at radius 1 is 1.35 bits per heavy atom. The molecular weight excluding hydrogens is 220 g/mol. The van der Waals surface area contributed by atoms with Crippen LogP contribution in [0.1, 0.15) is 25.0 Å². The average molecular weight is 234 g/mol. The zero-order valence-corrected chi connectivity index (χ0v) is 9.80. The number of esters is 1.